The van der Waals surface area contributed by atoms with E-state index in [0.717, 1.165) is 11.3 Å². The van der Waals surface area contributed by atoms with Gasteiger partial charge in [0.15, 0.2) is 0 Å². The van der Waals surface area contributed by atoms with Gasteiger partial charge in [-0.05, 0) is 35.9 Å². The second kappa shape index (κ2) is 5.29. The van der Waals surface area contributed by atoms with Gasteiger partial charge in [-0.25, -0.2) is 0 Å². The van der Waals surface area contributed by atoms with E-state index >= 15 is 0 Å². The molecule has 0 aliphatic rings. The van der Waals surface area contributed by atoms with Crippen LogP contribution in [0.4, 0.5) is 0 Å². The van der Waals surface area contributed by atoms with Crippen molar-refractivity contribution >= 4 is 22.8 Å². The molecule has 0 saturated carbocycles. The van der Waals surface area contributed by atoms with Crippen LogP contribution in [0.25, 0.3) is 5.03 Å². The number of oxime groups is 1. The van der Waals surface area contributed by atoms with Crippen molar-refractivity contribution in [3.05, 3.63) is 35.9 Å². The fourth-order valence-electron chi connectivity index (χ4n) is 0.945. The Kier molecular flexibility index (Phi) is 4.01. The average Bonchev–Trinajstić information content (AvgIpc) is 2.26. The normalized spacial score (nSPS) is 12.0. The van der Waals surface area contributed by atoms with Crippen LogP contribution in [0.5, 0.6) is 5.75 Å². The monoisotopic (exact) mass is 211 g/mol. The first-order valence-electron chi connectivity index (χ1n) is 3.95. The molecule has 0 saturated heterocycles. The molecule has 0 aliphatic heterocycles. The maximum atomic E-state index is 8.19. The first-order chi connectivity index (χ1) is 6.77. The zero-order valence-electron chi connectivity index (χ0n) is 7.64. The average molecular weight is 212 g/mol. The molecule has 14 heavy (non-hydrogen) atoms. The molecule has 0 amide bonds. The van der Waals surface area contributed by atoms with Gasteiger partial charge >= 0.3 is 0 Å². The first-order valence-corrected chi connectivity index (χ1v) is 4.33. The lowest BCUT2D eigenvalue weighted by molar-refractivity contribution is 0.322. The van der Waals surface area contributed by atoms with E-state index in [4.69, 9.17) is 21.5 Å². The third kappa shape index (κ3) is 2.78. The molecule has 3 nitrogen and oxygen atoms in total. The van der Waals surface area contributed by atoms with Crippen LogP contribution in [0.2, 0.25) is 0 Å². The third-order valence-corrected chi connectivity index (χ3v) is 2.00. The van der Waals surface area contributed by atoms with Crippen molar-refractivity contribution in [3.63, 3.8) is 0 Å². The molecule has 0 spiro atoms. The van der Waals surface area contributed by atoms with Crippen molar-refractivity contribution in [1.82, 2.24) is 0 Å². The molecule has 1 N–H and O–H groups in total. The predicted octanol–water partition coefficient (Wildman–Crippen LogP) is 2.73. The Hall–Kier alpha value is -1.48. The largest absolute Gasteiger partial charge is 0.497 e. The van der Waals surface area contributed by atoms with E-state index in [9.17, 15) is 0 Å². The summed E-state index contributed by atoms with van der Waals surface area (Å²) in [7, 11) is 1.60. The Morgan fingerprint density at radius 1 is 1.43 bits per heavy atom. The number of rotatable bonds is 3. The molecule has 4 heteroatoms. The lowest BCUT2D eigenvalue weighted by Crippen LogP contribution is -1.83. The Balaban J connectivity index is 2.86. The summed E-state index contributed by atoms with van der Waals surface area (Å²) in [5.41, 5.74) is 0.840. The van der Waals surface area contributed by atoms with E-state index < -0.39 is 0 Å². The molecule has 0 heterocycles. The molecule has 0 aliphatic carbocycles. The highest BCUT2D eigenvalue weighted by Gasteiger charge is 1.97. The highest BCUT2D eigenvalue weighted by Crippen LogP contribution is 2.20. The van der Waals surface area contributed by atoms with Crippen LogP contribution in [0.15, 0.2) is 35.5 Å². The highest BCUT2D eigenvalue weighted by atomic mass is 35.5. The molecular weight excluding hydrogens is 202 g/mol. The third-order valence-electron chi connectivity index (χ3n) is 1.65. The van der Waals surface area contributed by atoms with Crippen LogP contribution in [-0.4, -0.2) is 18.5 Å². The fraction of sp³-hybridized carbons (Fsp3) is 0.100. The van der Waals surface area contributed by atoms with Gasteiger partial charge in [-0.1, -0.05) is 16.8 Å². The summed E-state index contributed by atoms with van der Waals surface area (Å²) in [6, 6.07) is 7.26. The second-order valence-corrected chi connectivity index (χ2v) is 2.91. The van der Waals surface area contributed by atoms with Crippen LogP contribution < -0.4 is 4.74 Å². The van der Waals surface area contributed by atoms with E-state index in [2.05, 4.69) is 5.16 Å². The highest BCUT2D eigenvalue weighted by molar-refractivity contribution is 6.49. The van der Waals surface area contributed by atoms with E-state index in [1.807, 2.05) is 24.3 Å². The summed E-state index contributed by atoms with van der Waals surface area (Å²) < 4.78 is 5.00. The van der Waals surface area contributed by atoms with E-state index in [-0.39, 0.29) is 0 Å². The maximum absolute atomic E-state index is 8.19. The molecule has 0 atom stereocenters. The zero-order valence-corrected chi connectivity index (χ0v) is 8.40. The second-order valence-electron chi connectivity index (χ2n) is 2.51. The number of benzene rings is 1. The van der Waals surface area contributed by atoms with Gasteiger partial charge < -0.3 is 9.94 Å². The van der Waals surface area contributed by atoms with E-state index in [0.29, 0.717) is 5.03 Å². The van der Waals surface area contributed by atoms with Crippen molar-refractivity contribution in [2.75, 3.05) is 7.11 Å². The Morgan fingerprint density at radius 2 is 2.07 bits per heavy atom. The van der Waals surface area contributed by atoms with Gasteiger partial charge in [0.25, 0.3) is 0 Å². The first kappa shape index (κ1) is 10.6. The minimum Gasteiger partial charge on any atom is -0.497 e. The van der Waals surface area contributed by atoms with Crippen molar-refractivity contribution in [3.8, 4) is 5.75 Å². The fourth-order valence-corrected chi connectivity index (χ4v) is 1.13. The smallest absolute Gasteiger partial charge is 0.118 e. The molecule has 0 fully saturated rings. The Bertz CT molecular complexity index is 344. The van der Waals surface area contributed by atoms with Gasteiger partial charge in [-0.15, -0.1) is 0 Å². The van der Waals surface area contributed by atoms with E-state index in [1.54, 1.807) is 7.11 Å². The van der Waals surface area contributed by atoms with Crippen LogP contribution in [-0.2, 0) is 0 Å². The Morgan fingerprint density at radius 3 is 2.57 bits per heavy atom. The number of allylic oxidation sites excluding steroid dienone is 1. The molecule has 0 unspecified atom stereocenters. The number of ether oxygens (including phenoxy) is 1. The predicted molar refractivity (Wildman–Crippen MR) is 57.1 cm³/mol. The SMILES string of the molecule is COc1ccc(C(Cl)=CC=NO)cc1. The van der Waals surface area contributed by atoms with Gasteiger partial charge in [-0.3, -0.25) is 0 Å². The molecular formula is C10H10ClNO2. The summed E-state index contributed by atoms with van der Waals surface area (Å²) >= 11 is 5.90. The molecule has 1 rings (SSSR count). The van der Waals surface area contributed by atoms with Crippen molar-refractivity contribution in [2.24, 2.45) is 5.16 Å². The van der Waals surface area contributed by atoms with Gasteiger partial charge in [0.1, 0.15) is 5.75 Å². The summed E-state index contributed by atoms with van der Waals surface area (Å²) in [5.74, 6) is 0.772. The van der Waals surface area contributed by atoms with Gasteiger partial charge in [0.05, 0.1) is 13.3 Å². The molecule has 0 bridgehead atoms. The zero-order chi connectivity index (χ0) is 10.4. The lowest BCUT2D eigenvalue weighted by Gasteiger charge is -2.01. The number of nitrogens with zero attached hydrogens (tertiary/aromatic N) is 1. The number of halogens is 1. The molecule has 1 aromatic rings. The number of methoxy groups -OCH3 is 1. The van der Waals surface area contributed by atoms with Crippen molar-refractivity contribution < 1.29 is 9.94 Å². The topological polar surface area (TPSA) is 41.8 Å². The molecule has 74 valence electrons. The van der Waals surface area contributed by atoms with Crippen LogP contribution >= 0.6 is 11.6 Å². The van der Waals surface area contributed by atoms with Crippen molar-refractivity contribution in [2.45, 2.75) is 0 Å². The van der Waals surface area contributed by atoms with Gasteiger partial charge in [0, 0.05) is 5.03 Å². The quantitative estimate of drug-likeness (QED) is 0.475. The Labute approximate surface area is 87.3 Å². The summed E-state index contributed by atoms with van der Waals surface area (Å²) in [4.78, 5) is 0. The van der Waals surface area contributed by atoms with E-state index in [1.165, 1.54) is 12.3 Å². The maximum Gasteiger partial charge on any atom is 0.118 e. The van der Waals surface area contributed by atoms with Crippen LogP contribution in [0, 0.1) is 0 Å². The minimum atomic E-state index is 0.505. The van der Waals surface area contributed by atoms with Crippen molar-refractivity contribution in [1.29, 1.82) is 0 Å². The van der Waals surface area contributed by atoms with Crippen LogP contribution in [0.3, 0.4) is 0 Å². The number of hydrogen-bond acceptors (Lipinski definition) is 3. The lowest BCUT2D eigenvalue weighted by atomic mass is 10.2. The van der Waals surface area contributed by atoms with Gasteiger partial charge in [-0.2, -0.15) is 0 Å². The molecule has 0 radical (unpaired) electrons. The summed E-state index contributed by atoms with van der Waals surface area (Å²) in [6.45, 7) is 0. The molecule has 1 aromatic carbocycles. The van der Waals surface area contributed by atoms with Crippen LogP contribution in [0.1, 0.15) is 5.56 Å². The summed E-state index contributed by atoms with van der Waals surface area (Å²) in [6.07, 6.45) is 2.72. The van der Waals surface area contributed by atoms with Gasteiger partial charge in [0.2, 0.25) is 0 Å². The minimum absolute atomic E-state index is 0.505. The summed E-state index contributed by atoms with van der Waals surface area (Å²) in [5, 5.41) is 11.5. The number of hydrogen-bond donors (Lipinski definition) is 1. The standard InChI is InChI=1S/C10H10ClNO2/c1-14-9-4-2-8(3-5-9)10(11)6-7-12-13/h2-7,13H,1H3. The molecule has 0 aromatic heterocycles.